The molecule has 0 spiro atoms. The molecular formula is C16H25N3O6S. The standard InChI is InChI=1S/C16H25N3O6S/c1-2-25-16(20)8-6-4-3-5-7-11-17-14-10-9-13(18-26(23)24)12-15(14)19(21)22/h9-10,12,17,26H,2-8,11H2,1H3,(H,18,23,24). The number of unbranched alkanes of at least 4 members (excludes halogenated alkanes) is 4. The van der Waals surface area contributed by atoms with Crippen molar-refractivity contribution in [1.82, 2.24) is 0 Å². The van der Waals surface area contributed by atoms with E-state index < -0.39 is 15.8 Å². The Kier molecular flexibility index (Phi) is 10.1. The molecule has 0 amide bonds. The SMILES string of the molecule is CCOC(=O)CCCCCCCNc1ccc(N[SH](=O)=O)cc1[N+](=O)[O-]. The summed E-state index contributed by atoms with van der Waals surface area (Å²) in [5.74, 6) is -0.166. The van der Waals surface area contributed by atoms with Crippen LogP contribution < -0.4 is 10.0 Å². The number of ether oxygens (including phenoxy) is 1. The summed E-state index contributed by atoms with van der Waals surface area (Å²) in [5, 5.41) is 14.1. The maximum atomic E-state index is 11.2. The smallest absolute Gasteiger partial charge is 0.305 e. The molecule has 10 heteroatoms. The summed E-state index contributed by atoms with van der Waals surface area (Å²) in [7, 11) is -2.87. The van der Waals surface area contributed by atoms with E-state index in [0.717, 1.165) is 32.1 Å². The molecule has 0 unspecified atom stereocenters. The van der Waals surface area contributed by atoms with Gasteiger partial charge in [-0.05, 0) is 31.9 Å². The maximum absolute atomic E-state index is 11.2. The lowest BCUT2D eigenvalue weighted by Crippen LogP contribution is -2.05. The van der Waals surface area contributed by atoms with E-state index in [1.165, 1.54) is 18.2 Å². The fourth-order valence-corrected chi connectivity index (χ4v) is 2.74. The fourth-order valence-electron chi connectivity index (χ4n) is 2.39. The largest absolute Gasteiger partial charge is 0.466 e. The Hall–Kier alpha value is -2.36. The number of anilines is 2. The molecule has 0 aliphatic carbocycles. The number of benzene rings is 1. The number of nitro groups is 1. The number of hydrogen-bond donors (Lipinski definition) is 3. The first-order valence-corrected chi connectivity index (χ1v) is 9.70. The molecule has 0 heterocycles. The van der Waals surface area contributed by atoms with E-state index in [4.69, 9.17) is 4.74 Å². The Labute approximate surface area is 154 Å². The van der Waals surface area contributed by atoms with Crippen molar-refractivity contribution in [1.29, 1.82) is 0 Å². The van der Waals surface area contributed by atoms with Crippen molar-refractivity contribution in [2.24, 2.45) is 0 Å². The minimum Gasteiger partial charge on any atom is -0.466 e. The molecule has 0 aromatic heterocycles. The molecule has 0 radical (unpaired) electrons. The zero-order chi connectivity index (χ0) is 19.4. The van der Waals surface area contributed by atoms with Gasteiger partial charge in [0.15, 0.2) is 0 Å². The van der Waals surface area contributed by atoms with E-state index in [0.29, 0.717) is 25.3 Å². The number of hydrogen-bond acceptors (Lipinski definition) is 7. The summed E-state index contributed by atoms with van der Waals surface area (Å²) < 4.78 is 28.3. The molecule has 0 atom stereocenters. The van der Waals surface area contributed by atoms with Gasteiger partial charge in [-0.25, -0.2) is 8.42 Å². The first kappa shape index (κ1) is 21.7. The van der Waals surface area contributed by atoms with E-state index in [1.807, 2.05) is 0 Å². The highest BCUT2D eigenvalue weighted by Gasteiger charge is 2.14. The Morgan fingerprint density at radius 2 is 1.88 bits per heavy atom. The van der Waals surface area contributed by atoms with Crippen molar-refractivity contribution in [3.05, 3.63) is 28.3 Å². The topological polar surface area (TPSA) is 128 Å². The van der Waals surface area contributed by atoms with Crippen LogP contribution in [0.3, 0.4) is 0 Å². The van der Waals surface area contributed by atoms with Crippen LogP contribution in [-0.4, -0.2) is 32.5 Å². The van der Waals surface area contributed by atoms with Gasteiger partial charge in [-0.15, -0.1) is 0 Å². The number of esters is 1. The lowest BCUT2D eigenvalue weighted by Gasteiger charge is -2.08. The molecule has 26 heavy (non-hydrogen) atoms. The van der Waals surface area contributed by atoms with Crippen molar-refractivity contribution in [2.45, 2.75) is 45.4 Å². The molecule has 1 aromatic rings. The molecule has 146 valence electrons. The second-order valence-electron chi connectivity index (χ2n) is 5.61. The van der Waals surface area contributed by atoms with Crippen LogP contribution in [0, 0.1) is 10.1 Å². The van der Waals surface area contributed by atoms with E-state index in [-0.39, 0.29) is 17.3 Å². The maximum Gasteiger partial charge on any atom is 0.305 e. The third-order valence-electron chi connectivity index (χ3n) is 3.59. The number of nitrogens with one attached hydrogen (secondary N) is 2. The van der Waals surface area contributed by atoms with Crippen molar-refractivity contribution in [2.75, 3.05) is 23.2 Å². The summed E-state index contributed by atoms with van der Waals surface area (Å²) >= 11 is 0. The van der Waals surface area contributed by atoms with Crippen LogP contribution in [0.1, 0.15) is 45.4 Å². The number of thiol groups is 1. The van der Waals surface area contributed by atoms with Crippen molar-refractivity contribution in [3.63, 3.8) is 0 Å². The lowest BCUT2D eigenvalue weighted by atomic mass is 10.1. The molecule has 0 aliphatic heterocycles. The number of nitrogens with zero attached hydrogens (tertiary/aromatic N) is 1. The summed E-state index contributed by atoms with van der Waals surface area (Å²) in [5.41, 5.74) is 0.324. The van der Waals surface area contributed by atoms with Crippen LogP contribution in [0.4, 0.5) is 17.1 Å². The van der Waals surface area contributed by atoms with E-state index in [9.17, 15) is 23.3 Å². The van der Waals surface area contributed by atoms with E-state index >= 15 is 0 Å². The van der Waals surface area contributed by atoms with E-state index in [1.54, 1.807) is 6.92 Å². The predicted octanol–water partition coefficient (Wildman–Crippen LogP) is 2.85. The average Bonchev–Trinajstić information content (AvgIpc) is 2.57. The third-order valence-corrected chi connectivity index (χ3v) is 4.03. The predicted molar refractivity (Wildman–Crippen MR) is 99.9 cm³/mol. The monoisotopic (exact) mass is 387 g/mol. The zero-order valence-electron chi connectivity index (χ0n) is 14.7. The van der Waals surface area contributed by atoms with Crippen LogP contribution >= 0.6 is 0 Å². The Bertz CT molecular complexity index is 670. The summed E-state index contributed by atoms with van der Waals surface area (Å²) in [4.78, 5) is 21.7. The highest BCUT2D eigenvalue weighted by Crippen LogP contribution is 2.28. The minimum absolute atomic E-state index is 0.153. The quantitative estimate of drug-likeness (QED) is 0.156. The van der Waals surface area contributed by atoms with Gasteiger partial charge in [0, 0.05) is 19.0 Å². The van der Waals surface area contributed by atoms with Crippen LogP contribution in [-0.2, 0) is 20.4 Å². The Balaban J connectivity index is 2.32. The molecule has 9 nitrogen and oxygen atoms in total. The number of carbonyl (C=O) groups is 1. The summed E-state index contributed by atoms with van der Waals surface area (Å²) in [6.45, 7) is 2.76. The van der Waals surface area contributed by atoms with Gasteiger partial charge in [0.2, 0.25) is 10.9 Å². The van der Waals surface area contributed by atoms with Gasteiger partial charge in [-0.1, -0.05) is 19.3 Å². The van der Waals surface area contributed by atoms with Crippen molar-refractivity contribution < 1.29 is 22.9 Å². The zero-order valence-corrected chi connectivity index (χ0v) is 15.6. The molecule has 1 rings (SSSR count). The Morgan fingerprint density at radius 3 is 2.54 bits per heavy atom. The Morgan fingerprint density at radius 1 is 1.19 bits per heavy atom. The van der Waals surface area contributed by atoms with Gasteiger partial charge in [-0.3, -0.25) is 19.6 Å². The van der Waals surface area contributed by atoms with Gasteiger partial charge in [0.25, 0.3) is 5.69 Å². The lowest BCUT2D eigenvalue weighted by molar-refractivity contribution is -0.383. The highest BCUT2D eigenvalue weighted by atomic mass is 32.2. The highest BCUT2D eigenvalue weighted by molar-refractivity contribution is 7.73. The first-order chi connectivity index (χ1) is 12.4. The summed E-state index contributed by atoms with van der Waals surface area (Å²) in [6.07, 6.45) is 4.93. The second kappa shape index (κ2) is 12.1. The number of carbonyl (C=O) groups excluding carboxylic acids is 1. The van der Waals surface area contributed by atoms with Crippen LogP contribution in [0.25, 0.3) is 0 Å². The fraction of sp³-hybridized carbons (Fsp3) is 0.562. The molecule has 1 aromatic carbocycles. The molecular weight excluding hydrogens is 362 g/mol. The molecule has 0 fully saturated rings. The van der Waals surface area contributed by atoms with Gasteiger partial charge in [-0.2, -0.15) is 0 Å². The van der Waals surface area contributed by atoms with Crippen LogP contribution in [0.15, 0.2) is 18.2 Å². The average molecular weight is 387 g/mol. The van der Waals surface area contributed by atoms with Crippen LogP contribution in [0.2, 0.25) is 0 Å². The van der Waals surface area contributed by atoms with Crippen molar-refractivity contribution >= 4 is 33.9 Å². The van der Waals surface area contributed by atoms with Crippen molar-refractivity contribution in [3.8, 4) is 0 Å². The third kappa shape index (κ3) is 8.65. The first-order valence-electron chi connectivity index (χ1n) is 8.53. The summed E-state index contributed by atoms with van der Waals surface area (Å²) in [6, 6.07) is 4.14. The normalized spacial score (nSPS) is 10.5. The molecule has 2 N–H and O–H groups in total. The van der Waals surface area contributed by atoms with Gasteiger partial charge in [0.1, 0.15) is 5.69 Å². The second-order valence-corrected chi connectivity index (χ2v) is 6.35. The van der Waals surface area contributed by atoms with Crippen LogP contribution in [0.5, 0.6) is 0 Å². The molecule has 0 saturated heterocycles. The molecule has 0 aliphatic rings. The van der Waals surface area contributed by atoms with Gasteiger partial charge < -0.3 is 10.1 Å². The van der Waals surface area contributed by atoms with Gasteiger partial charge >= 0.3 is 5.97 Å². The minimum atomic E-state index is -2.87. The number of nitro benzene ring substituents is 1. The number of rotatable bonds is 13. The molecule has 0 saturated carbocycles. The van der Waals surface area contributed by atoms with E-state index in [2.05, 4.69) is 10.0 Å². The van der Waals surface area contributed by atoms with Gasteiger partial charge in [0.05, 0.1) is 17.2 Å². The molecule has 0 bridgehead atoms.